The van der Waals surface area contributed by atoms with E-state index in [1.165, 1.54) is 0 Å². The smallest absolute Gasteiger partial charge is 0.218 e. The number of nitrogens with zero attached hydrogens (tertiary/aromatic N) is 1. The summed E-state index contributed by atoms with van der Waals surface area (Å²) in [6.07, 6.45) is 0.169. The molecular formula is C19H23ClFN3O2. The Morgan fingerprint density at radius 1 is 1.27 bits per heavy atom. The number of nitrogens with two attached hydrogens (primary N) is 2. The molecule has 0 radical (unpaired) electrons. The van der Waals surface area contributed by atoms with Gasteiger partial charge in [-0.15, -0.1) is 0 Å². The standard InChI is InChI=1S/C19H23ClFN3O2/c1-13(11-17(23)25)24(10-9-22)12-14-7-8-16(20)19(18(14)21)26-15-5-3-2-4-6-15/h2-8,13H,9-12,22H2,1H3,(H2,23,25). The van der Waals surface area contributed by atoms with E-state index in [-0.39, 0.29) is 29.8 Å². The van der Waals surface area contributed by atoms with Crippen molar-refractivity contribution in [3.05, 3.63) is 58.9 Å². The Morgan fingerprint density at radius 2 is 1.96 bits per heavy atom. The van der Waals surface area contributed by atoms with Gasteiger partial charge in [-0.1, -0.05) is 35.9 Å². The number of benzene rings is 2. The van der Waals surface area contributed by atoms with Crippen molar-refractivity contribution < 1.29 is 13.9 Å². The van der Waals surface area contributed by atoms with Crippen LogP contribution in [0.25, 0.3) is 0 Å². The second-order valence-electron chi connectivity index (χ2n) is 6.04. The number of ether oxygens (including phenoxy) is 1. The first kappa shape index (κ1) is 20.2. The third kappa shape index (κ3) is 5.42. The average Bonchev–Trinajstić information content (AvgIpc) is 2.60. The molecule has 0 fully saturated rings. The van der Waals surface area contributed by atoms with E-state index in [2.05, 4.69) is 0 Å². The van der Waals surface area contributed by atoms with Gasteiger partial charge in [0.2, 0.25) is 5.91 Å². The monoisotopic (exact) mass is 379 g/mol. The lowest BCUT2D eigenvalue weighted by molar-refractivity contribution is -0.119. The molecule has 0 saturated carbocycles. The van der Waals surface area contributed by atoms with Crippen molar-refractivity contribution >= 4 is 17.5 Å². The molecule has 0 aliphatic heterocycles. The van der Waals surface area contributed by atoms with Crippen molar-refractivity contribution in [2.45, 2.75) is 25.9 Å². The lowest BCUT2D eigenvalue weighted by atomic mass is 10.1. The molecule has 0 aliphatic rings. The van der Waals surface area contributed by atoms with Gasteiger partial charge in [0, 0.05) is 37.7 Å². The molecule has 26 heavy (non-hydrogen) atoms. The summed E-state index contributed by atoms with van der Waals surface area (Å²) in [5.74, 6) is -0.476. The molecule has 140 valence electrons. The molecule has 0 aliphatic carbocycles. The number of para-hydroxylation sites is 1. The Balaban J connectivity index is 2.25. The summed E-state index contributed by atoms with van der Waals surface area (Å²) in [4.78, 5) is 13.1. The summed E-state index contributed by atoms with van der Waals surface area (Å²) in [6, 6.07) is 11.9. The van der Waals surface area contributed by atoms with Gasteiger partial charge in [-0.05, 0) is 25.1 Å². The fourth-order valence-electron chi connectivity index (χ4n) is 2.66. The third-order valence-corrected chi connectivity index (χ3v) is 4.30. The van der Waals surface area contributed by atoms with Crippen molar-refractivity contribution in [3.63, 3.8) is 0 Å². The van der Waals surface area contributed by atoms with Crippen LogP contribution in [0.5, 0.6) is 11.5 Å². The van der Waals surface area contributed by atoms with Crippen molar-refractivity contribution in [2.24, 2.45) is 11.5 Å². The van der Waals surface area contributed by atoms with Gasteiger partial charge < -0.3 is 16.2 Å². The van der Waals surface area contributed by atoms with E-state index in [1.54, 1.807) is 36.4 Å². The molecule has 2 aromatic carbocycles. The van der Waals surface area contributed by atoms with Crippen LogP contribution in [0.2, 0.25) is 5.02 Å². The number of hydrogen-bond acceptors (Lipinski definition) is 4. The van der Waals surface area contributed by atoms with Crippen LogP contribution in [0.4, 0.5) is 4.39 Å². The Kier molecular flexibility index (Phi) is 7.38. The summed E-state index contributed by atoms with van der Waals surface area (Å²) in [7, 11) is 0. The van der Waals surface area contributed by atoms with E-state index in [1.807, 2.05) is 17.9 Å². The number of primary amides is 1. The lowest BCUT2D eigenvalue weighted by Gasteiger charge is -2.28. The van der Waals surface area contributed by atoms with Gasteiger partial charge in [-0.25, -0.2) is 4.39 Å². The van der Waals surface area contributed by atoms with Gasteiger partial charge >= 0.3 is 0 Å². The van der Waals surface area contributed by atoms with Crippen LogP contribution in [-0.2, 0) is 11.3 Å². The first-order valence-electron chi connectivity index (χ1n) is 8.34. The summed E-state index contributed by atoms with van der Waals surface area (Å²) in [5, 5.41) is 0.186. The van der Waals surface area contributed by atoms with Crippen LogP contribution in [0.15, 0.2) is 42.5 Å². The summed E-state index contributed by atoms with van der Waals surface area (Å²) >= 11 is 6.12. The third-order valence-electron chi connectivity index (χ3n) is 4.00. The van der Waals surface area contributed by atoms with Crippen LogP contribution >= 0.6 is 11.6 Å². The van der Waals surface area contributed by atoms with Crippen LogP contribution < -0.4 is 16.2 Å². The van der Waals surface area contributed by atoms with E-state index in [0.717, 1.165) is 0 Å². The number of hydrogen-bond donors (Lipinski definition) is 2. The predicted molar refractivity (Wildman–Crippen MR) is 101 cm³/mol. The topological polar surface area (TPSA) is 81.6 Å². The quantitative estimate of drug-likeness (QED) is 0.700. The minimum atomic E-state index is -0.533. The zero-order valence-electron chi connectivity index (χ0n) is 14.6. The number of carbonyl (C=O) groups is 1. The highest BCUT2D eigenvalue weighted by molar-refractivity contribution is 6.32. The van der Waals surface area contributed by atoms with Crippen LogP contribution in [0.3, 0.4) is 0 Å². The van der Waals surface area contributed by atoms with Gasteiger partial charge in [0.1, 0.15) is 5.75 Å². The highest BCUT2D eigenvalue weighted by atomic mass is 35.5. The summed E-state index contributed by atoms with van der Waals surface area (Å²) < 4.78 is 20.6. The maximum atomic E-state index is 15.0. The van der Waals surface area contributed by atoms with E-state index in [9.17, 15) is 9.18 Å². The van der Waals surface area contributed by atoms with Gasteiger partial charge in [0.15, 0.2) is 11.6 Å². The molecule has 7 heteroatoms. The molecular weight excluding hydrogens is 357 g/mol. The average molecular weight is 380 g/mol. The van der Waals surface area contributed by atoms with Crippen molar-refractivity contribution in [2.75, 3.05) is 13.1 Å². The van der Waals surface area contributed by atoms with Gasteiger partial charge in [-0.2, -0.15) is 0 Å². The molecule has 0 saturated heterocycles. The molecule has 1 amide bonds. The first-order chi connectivity index (χ1) is 12.4. The molecule has 0 heterocycles. The molecule has 1 atom stereocenters. The maximum absolute atomic E-state index is 15.0. The zero-order valence-corrected chi connectivity index (χ0v) is 15.4. The highest BCUT2D eigenvalue weighted by Crippen LogP contribution is 2.34. The summed E-state index contributed by atoms with van der Waals surface area (Å²) in [5.41, 5.74) is 11.3. The summed E-state index contributed by atoms with van der Waals surface area (Å²) in [6.45, 7) is 3.01. The van der Waals surface area contributed by atoms with Crippen LogP contribution in [-0.4, -0.2) is 29.9 Å². The minimum Gasteiger partial charge on any atom is -0.453 e. The first-order valence-corrected chi connectivity index (χ1v) is 8.72. The normalized spacial score (nSPS) is 12.2. The fraction of sp³-hybridized carbons (Fsp3) is 0.316. The molecule has 0 aromatic heterocycles. The number of rotatable bonds is 9. The minimum absolute atomic E-state index is 0.0226. The maximum Gasteiger partial charge on any atom is 0.218 e. The Labute approximate surface area is 157 Å². The second kappa shape index (κ2) is 9.52. The van der Waals surface area contributed by atoms with E-state index >= 15 is 0 Å². The van der Waals surface area contributed by atoms with Gasteiger partial charge in [0.25, 0.3) is 0 Å². The SMILES string of the molecule is CC(CC(N)=O)N(CCN)Cc1ccc(Cl)c(Oc2ccccc2)c1F. The number of amides is 1. The molecule has 2 rings (SSSR count). The Bertz CT molecular complexity index is 743. The van der Waals surface area contributed by atoms with E-state index < -0.39 is 11.7 Å². The van der Waals surface area contributed by atoms with Crippen molar-refractivity contribution in [1.29, 1.82) is 0 Å². The highest BCUT2D eigenvalue weighted by Gasteiger charge is 2.20. The molecule has 0 bridgehead atoms. The van der Waals surface area contributed by atoms with Crippen molar-refractivity contribution in [3.8, 4) is 11.5 Å². The molecule has 4 N–H and O–H groups in total. The zero-order chi connectivity index (χ0) is 19.1. The van der Waals surface area contributed by atoms with Gasteiger partial charge in [-0.3, -0.25) is 9.69 Å². The number of carbonyl (C=O) groups excluding carboxylic acids is 1. The number of halogens is 2. The fourth-order valence-corrected chi connectivity index (χ4v) is 2.84. The van der Waals surface area contributed by atoms with E-state index in [0.29, 0.717) is 24.4 Å². The van der Waals surface area contributed by atoms with Crippen molar-refractivity contribution in [1.82, 2.24) is 4.90 Å². The molecule has 2 aromatic rings. The Morgan fingerprint density at radius 3 is 2.58 bits per heavy atom. The lowest BCUT2D eigenvalue weighted by Crippen LogP contribution is -2.39. The predicted octanol–water partition coefficient (Wildman–Crippen LogP) is 3.30. The molecule has 0 spiro atoms. The van der Waals surface area contributed by atoms with Crippen LogP contribution in [0, 0.1) is 5.82 Å². The van der Waals surface area contributed by atoms with Crippen LogP contribution in [0.1, 0.15) is 18.9 Å². The molecule has 5 nitrogen and oxygen atoms in total. The largest absolute Gasteiger partial charge is 0.453 e. The Hall–Kier alpha value is -2.15. The van der Waals surface area contributed by atoms with E-state index in [4.69, 9.17) is 27.8 Å². The second-order valence-corrected chi connectivity index (χ2v) is 6.45. The van der Waals surface area contributed by atoms with Gasteiger partial charge in [0.05, 0.1) is 5.02 Å². The molecule has 1 unspecified atom stereocenters.